The van der Waals surface area contributed by atoms with Crippen LogP contribution in [0.3, 0.4) is 0 Å². The summed E-state index contributed by atoms with van der Waals surface area (Å²) in [5, 5.41) is 0.738. The van der Waals surface area contributed by atoms with E-state index >= 15 is 0 Å². The van der Waals surface area contributed by atoms with E-state index in [9.17, 15) is 0 Å². The van der Waals surface area contributed by atoms with Crippen LogP contribution in [0.1, 0.15) is 37.9 Å². The number of benzene rings is 1. The van der Waals surface area contributed by atoms with E-state index < -0.39 is 0 Å². The van der Waals surface area contributed by atoms with Crippen LogP contribution < -0.4 is 10.5 Å². The lowest BCUT2D eigenvalue weighted by Crippen LogP contribution is -2.25. The Kier molecular flexibility index (Phi) is 2.44. The van der Waals surface area contributed by atoms with Gasteiger partial charge in [-0.2, -0.15) is 0 Å². The van der Waals surface area contributed by atoms with Crippen molar-refractivity contribution in [2.75, 3.05) is 0 Å². The molecule has 2 N–H and O–H groups in total. The number of fused-ring (bicyclic) bond motifs is 1. The molecule has 2 nitrogen and oxygen atoms in total. The van der Waals surface area contributed by atoms with Crippen molar-refractivity contribution >= 4 is 11.6 Å². The van der Waals surface area contributed by atoms with Crippen molar-refractivity contribution in [3.63, 3.8) is 0 Å². The minimum atomic E-state index is -0.142. The number of ether oxygens (including phenoxy) is 1. The van der Waals surface area contributed by atoms with Gasteiger partial charge in [-0.3, -0.25) is 0 Å². The maximum Gasteiger partial charge on any atom is 0.128 e. The van der Waals surface area contributed by atoms with Gasteiger partial charge in [-0.15, -0.1) is 0 Å². The molecule has 15 heavy (non-hydrogen) atoms. The first-order valence-electron chi connectivity index (χ1n) is 5.16. The molecule has 0 aromatic heterocycles. The molecule has 1 aromatic carbocycles. The highest BCUT2D eigenvalue weighted by atomic mass is 35.5. The average molecular weight is 226 g/mol. The molecule has 0 fully saturated rings. The first-order chi connectivity index (χ1) is 6.89. The fraction of sp³-hybridized carbons (Fsp3) is 0.500. The summed E-state index contributed by atoms with van der Waals surface area (Å²) >= 11 is 6.05. The lowest BCUT2D eigenvalue weighted by Gasteiger charge is -2.19. The van der Waals surface area contributed by atoms with Gasteiger partial charge in [0.1, 0.15) is 11.4 Å². The summed E-state index contributed by atoms with van der Waals surface area (Å²) < 4.78 is 5.90. The highest BCUT2D eigenvalue weighted by Crippen LogP contribution is 2.41. The summed E-state index contributed by atoms with van der Waals surface area (Å²) in [5.41, 5.74) is 7.93. The van der Waals surface area contributed by atoms with E-state index in [2.05, 4.69) is 13.8 Å². The second kappa shape index (κ2) is 3.39. The van der Waals surface area contributed by atoms with E-state index in [4.69, 9.17) is 22.1 Å². The molecule has 0 aliphatic carbocycles. The molecule has 1 aromatic rings. The zero-order chi connectivity index (χ0) is 11.2. The van der Waals surface area contributed by atoms with Crippen molar-refractivity contribution in [3.05, 3.63) is 28.3 Å². The molecule has 0 saturated carbocycles. The van der Waals surface area contributed by atoms with Crippen molar-refractivity contribution in [2.45, 2.75) is 38.8 Å². The van der Waals surface area contributed by atoms with Crippen LogP contribution in [0.15, 0.2) is 12.1 Å². The molecule has 0 spiro atoms. The van der Waals surface area contributed by atoms with Crippen LogP contribution in [0.2, 0.25) is 5.02 Å². The average Bonchev–Trinajstić information content (AvgIpc) is 2.36. The largest absolute Gasteiger partial charge is 0.487 e. The third-order valence-electron chi connectivity index (χ3n) is 2.64. The lowest BCUT2D eigenvalue weighted by molar-refractivity contribution is 0.137. The smallest absolute Gasteiger partial charge is 0.128 e. The predicted octanol–water partition coefficient (Wildman–Crippen LogP) is 3.07. The molecule has 1 aliphatic heterocycles. The zero-order valence-electron chi connectivity index (χ0n) is 9.30. The molecule has 0 radical (unpaired) electrons. The number of hydrogen-bond donors (Lipinski definition) is 1. The van der Waals surface area contributed by atoms with E-state index in [0.29, 0.717) is 0 Å². The minimum Gasteiger partial charge on any atom is -0.487 e. The first-order valence-corrected chi connectivity index (χ1v) is 5.54. The van der Waals surface area contributed by atoms with Gasteiger partial charge in [0.05, 0.1) is 0 Å². The summed E-state index contributed by atoms with van der Waals surface area (Å²) in [7, 11) is 0. The Morgan fingerprint density at radius 3 is 2.73 bits per heavy atom. The number of halogens is 1. The Morgan fingerprint density at radius 2 is 2.13 bits per heavy atom. The molecular weight excluding hydrogens is 210 g/mol. The summed E-state index contributed by atoms with van der Waals surface area (Å²) in [6.07, 6.45) is 0.891. The normalized spacial score (nSPS) is 19.5. The maximum absolute atomic E-state index is 6.05. The summed E-state index contributed by atoms with van der Waals surface area (Å²) in [6, 6.07) is 3.82. The minimum absolute atomic E-state index is 0.0497. The second-order valence-corrected chi connectivity index (χ2v) is 5.25. The number of nitrogens with two attached hydrogens (primary N) is 1. The molecule has 1 aliphatic rings. The van der Waals surface area contributed by atoms with Gasteiger partial charge in [0, 0.05) is 23.0 Å². The van der Waals surface area contributed by atoms with Gasteiger partial charge >= 0.3 is 0 Å². The molecular formula is C12H16ClNO. The van der Waals surface area contributed by atoms with Gasteiger partial charge in [-0.25, -0.2) is 0 Å². The Hall–Kier alpha value is -0.730. The highest BCUT2D eigenvalue weighted by molar-refractivity contribution is 6.30. The third-order valence-corrected chi connectivity index (χ3v) is 2.86. The van der Waals surface area contributed by atoms with E-state index in [1.165, 1.54) is 5.56 Å². The molecule has 0 amide bonds. The molecule has 0 bridgehead atoms. The summed E-state index contributed by atoms with van der Waals surface area (Å²) in [6.45, 7) is 6.10. The number of rotatable bonds is 1. The van der Waals surface area contributed by atoms with Gasteiger partial charge in [0.15, 0.2) is 0 Å². The predicted molar refractivity (Wildman–Crippen MR) is 62.5 cm³/mol. The van der Waals surface area contributed by atoms with Crippen LogP contribution >= 0.6 is 11.6 Å². The van der Waals surface area contributed by atoms with Gasteiger partial charge in [-0.1, -0.05) is 11.6 Å². The van der Waals surface area contributed by atoms with Gasteiger partial charge in [-0.05, 0) is 38.5 Å². The monoisotopic (exact) mass is 225 g/mol. The highest BCUT2D eigenvalue weighted by Gasteiger charge is 2.32. The Balaban J connectivity index is 2.53. The SMILES string of the molecule is CC(N)c1cc(Cl)cc2c1OC(C)(C)C2. The van der Waals surface area contributed by atoms with Crippen molar-refractivity contribution in [2.24, 2.45) is 5.73 Å². The third kappa shape index (κ3) is 1.97. The number of hydrogen-bond acceptors (Lipinski definition) is 2. The first kappa shape index (κ1) is 10.8. The van der Waals surface area contributed by atoms with Crippen molar-refractivity contribution < 1.29 is 4.74 Å². The molecule has 1 heterocycles. The van der Waals surface area contributed by atoms with E-state index in [1.54, 1.807) is 0 Å². The Morgan fingerprint density at radius 1 is 1.47 bits per heavy atom. The topological polar surface area (TPSA) is 35.2 Å². The Labute approximate surface area is 95.4 Å². The van der Waals surface area contributed by atoms with Crippen LogP contribution in [0.25, 0.3) is 0 Å². The van der Waals surface area contributed by atoms with Crippen molar-refractivity contribution in [3.8, 4) is 5.75 Å². The van der Waals surface area contributed by atoms with Gasteiger partial charge in [0.25, 0.3) is 0 Å². The van der Waals surface area contributed by atoms with Crippen molar-refractivity contribution in [1.82, 2.24) is 0 Å². The van der Waals surface area contributed by atoms with Crippen LogP contribution in [-0.2, 0) is 6.42 Å². The van der Waals surface area contributed by atoms with E-state index in [-0.39, 0.29) is 11.6 Å². The standard InChI is InChI=1S/C12H16ClNO/c1-7(14)10-5-9(13)4-8-6-12(2,3)15-11(8)10/h4-5,7H,6,14H2,1-3H3. The van der Waals surface area contributed by atoms with E-state index in [1.807, 2.05) is 19.1 Å². The molecule has 3 heteroatoms. The molecule has 1 atom stereocenters. The quantitative estimate of drug-likeness (QED) is 0.797. The van der Waals surface area contributed by atoms with Crippen LogP contribution in [-0.4, -0.2) is 5.60 Å². The van der Waals surface area contributed by atoms with Gasteiger partial charge < -0.3 is 10.5 Å². The maximum atomic E-state index is 6.05. The summed E-state index contributed by atoms with van der Waals surface area (Å²) in [5.74, 6) is 0.930. The lowest BCUT2D eigenvalue weighted by atomic mass is 9.99. The van der Waals surface area contributed by atoms with Gasteiger partial charge in [0.2, 0.25) is 0 Å². The zero-order valence-corrected chi connectivity index (χ0v) is 10.1. The molecule has 2 rings (SSSR count). The molecule has 0 saturated heterocycles. The van der Waals surface area contributed by atoms with Crippen LogP contribution in [0.5, 0.6) is 5.75 Å². The second-order valence-electron chi connectivity index (χ2n) is 4.81. The van der Waals surface area contributed by atoms with Crippen LogP contribution in [0, 0.1) is 0 Å². The fourth-order valence-corrected chi connectivity index (χ4v) is 2.29. The van der Waals surface area contributed by atoms with Crippen molar-refractivity contribution in [1.29, 1.82) is 0 Å². The van der Waals surface area contributed by atoms with Crippen LogP contribution in [0.4, 0.5) is 0 Å². The summed E-state index contributed by atoms with van der Waals surface area (Å²) in [4.78, 5) is 0. The molecule has 1 unspecified atom stereocenters. The fourth-order valence-electron chi connectivity index (χ4n) is 2.04. The Bertz CT molecular complexity index is 399. The van der Waals surface area contributed by atoms with E-state index in [0.717, 1.165) is 22.8 Å². The molecule has 82 valence electrons.